The molecule has 1 saturated carbocycles. The Hall–Kier alpha value is -3.42. The molecule has 0 radical (unpaired) electrons. The van der Waals surface area contributed by atoms with Crippen LogP contribution in [-0.4, -0.2) is 36.7 Å². The summed E-state index contributed by atoms with van der Waals surface area (Å²) >= 11 is 0. The summed E-state index contributed by atoms with van der Waals surface area (Å²) in [5.41, 5.74) is 2.76. The van der Waals surface area contributed by atoms with Crippen LogP contribution in [0.4, 0.5) is 5.69 Å². The number of H-pyrrole nitrogens is 2. The van der Waals surface area contributed by atoms with Crippen LogP contribution in [0, 0.1) is 5.92 Å². The van der Waals surface area contributed by atoms with Crippen LogP contribution < -0.4 is 4.90 Å². The van der Waals surface area contributed by atoms with Gasteiger partial charge in [-0.25, -0.2) is 9.97 Å². The Morgan fingerprint density at radius 3 is 2.72 bits per heavy atom. The molecule has 0 bridgehead atoms. The highest BCUT2D eigenvalue weighted by Crippen LogP contribution is 2.43. The summed E-state index contributed by atoms with van der Waals surface area (Å²) in [6.07, 6.45) is 9.42. The number of aliphatic hydroxyl groups is 1. The van der Waals surface area contributed by atoms with Gasteiger partial charge in [0.25, 0.3) is 5.91 Å². The zero-order valence-electron chi connectivity index (χ0n) is 15.8. The van der Waals surface area contributed by atoms with E-state index in [0.717, 1.165) is 37.6 Å². The standard InChI is InChI=1S/C21H21N5O3/c27-19(12-4-2-1-3-5-12)17-18(16-9-22-10-23-16)26(21(29)20(17)28)13-6-7-14-15(8-13)25-11-24-14/h6-12,18,28H,1-5H2,(H,22,23)(H,24,25). The molecule has 29 heavy (non-hydrogen) atoms. The predicted molar refractivity (Wildman–Crippen MR) is 106 cm³/mol. The number of ketones is 1. The Balaban J connectivity index is 1.60. The Labute approximate surface area is 166 Å². The fourth-order valence-electron chi connectivity index (χ4n) is 4.48. The van der Waals surface area contributed by atoms with Crippen LogP contribution in [0.1, 0.15) is 43.8 Å². The summed E-state index contributed by atoms with van der Waals surface area (Å²) < 4.78 is 0. The topological polar surface area (TPSA) is 115 Å². The van der Waals surface area contributed by atoms with Crippen LogP contribution in [0.3, 0.4) is 0 Å². The Morgan fingerprint density at radius 1 is 1.14 bits per heavy atom. The molecule has 2 aliphatic rings. The van der Waals surface area contributed by atoms with Crippen molar-refractivity contribution in [1.29, 1.82) is 0 Å². The van der Waals surface area contributed by atoms with E-state index in [0.29, 0.717) is 16.9 Å². The number of hydrogen-bond donors (Lipinski definition) is 3. The Bertz CT molecular complexity index is 1110. The molecule has 1 amide bonds. The van der Waals surface area contributed by atoms with Crippen LogP contribution in [0.15, 0.2) is 48.4 Å². The van der Waals surface area contributed by atoms with Crippen molar-refractivity contribution in [2.75, 3.05) is 4.90 Å². The van der Waals surface area contributed by atoms with Crippen LogP contribution in [0.5, 0.6) is 0 Å². The maximum absolute atomic E-state index is 13.4. The lowest BCUT2D eigenvalue weighted by molar-refractivity contribution is -0.121. The van der Waals surface area contributed by atoms with Gasteiger partial charge in [0, 0.05) is 17.8 Å². The molecule has 3 aromatic rings. The number of fused-ring (bicyclic) bond motifs is 1. The fraction of sp³-hybridized carbons (Fsp3) is 0.333. The zero-order valence-corrected chi connectivity index (χ0v) is 15.8. The number of nitrogens with one attached hydrogen (secondary N) is 2. The van der Waals surface area contributed by atoms with E-state index in [1.807, 2.05) is 6.07 Å². The van der Waals surface area contributed by atoms with E-state index in [4.69, 9.17) is 0 Å². The van der Waals surface area contributed by atoms with Gasteiger partial charge in [-0.3, -0.25) is 14.5 Å². The van der Waals surface area contributed by atoms with Gasteiger partial charge in [0.05, 0.1) is 35.0 Å². The van der Waals surface area contributed by atoms with E-state index in [2.05, 4.69) is 19.9 Å². The monoisotopic (exact) mass is 391 g/mol. The van der Waals surface area contributed by atoms with Crippen molar-refractivity contribution in [2.24, 2.45) is 5.92 Å². The molecule has 0 spiro atoms. The molecule has 1 unspecified atom stereocenters. The summed E-state index contributed by atoms with van der Waals surface area (Å²) in [7, 11) is 0. The first-order valence-electron chi connectivity index (χ1n) is 9.88. The van der Waals surface area contributed by atoms with Crippen molar-refractivity contribution in [1.82, 2.24) is 19.9 Å². The van der Waals surface area contributed by atoms with Gasteiger partial charge in [-0.05, 0) is 31.0 Å². The number of aromatic nitrogens is 4. The smallest absolute Gasteiger partial charge is 0.294 e. The van der Waals surface area contributed by atoms with Gasteiger partial charge in [0.15, 0.2) is 11.5 Å². The van der Waals surface area contributed by atoms with Gasteiger partial charge in [0.1, 0.15) is 6.04 Å². The van der Waals surface area contributed by atoms with Crippen LogP contribution in [0.25, 0.3) is 11.0 Å². The predicted octanol–water partition coefficient (Wildman–Crippen LogP) is 3.34. The Morgan fingerprint density at radius 2 is 1.97 bits per heavy atom. The number of nitrogens with zero attached hydrogens (tertiary/aromatic N) is 3. The number of carbonyl (C=O) groups excluding carboxylic acids is 2. The molecule has 1 aliphatic heterocycles. The van der Waals surface area contributed by atoms with Crippen molar-refractivity contribution >= 4 is 28.4 Å². The lowest BCUT2D eigenvalue weighted by Gasteiger charge is -2.27. The van der Waals surface area contributed by atoms with Crippen molar-refractivity contribution in [3.8, 4) is 0 Å². The van der Waals surface area contributed by atoms with Crippen LogP contribution >= 0.6 is 0 Å². The number of carbonyl (C=O) groups is 2. The molecule has 3 N–H and O–H groups in total. The minimum atomic E-state index is -0.764. The summed E-state index contributed by atoms with van der Waals surface area (Å²) in [5, 5.41) is 10.7. The van der Waals surface area contributed by atoms with Crippen molar-refractivity contribution in [3.05, 3.63) is 54.1 Å². The van der Waals surface area contributed by atoms with Crippen LogP contribution in [-0.2, 0) is 9.59 Å². The lowest BCUT2D eigenvalue weighted by Crippen LogP contribution is -2.32. The summed E-state index contributed by atoms with van der Waals surface area (Å²) in [6, 6.07) is 4.61. The number of Topliss-reactive ketones (excluding diaryl/α,β-unsaturated/α-hetero) is 1. The molecule has 1 atom stereocenters. The van der Waals surface area contributed by atoms with Gasteiger partial charge < -0.3 is 15.1 Å². The molecule has 8 heteroatoms. The molecule has 1 aromatic carbocycles. The minimum Gasteiger partial charge on any atom is -0.503 e. The maximum Gasteiger partial charge on any atom is 0.294 e. The van der Waals surface area contributed by atoms with Crippen molar-refractivity contribution in [3.63, 3.8) is 0 Å². The van der Waals surface area contributed by atoms with Crippen molar-refractivity contribution < 1.29 is 14.7 Å². The molecular formula is C21H21N5O3. The van der Waals surface area contributed by atoms with Gasteiger partial charge in [-0.2, -0.15) is 0 Å². The molecule has 8 nitrogen and oxygen atoms in total. The number of aliphatic hydroxyl groups excluding tert-OH is 1. The Kier molecular flexibility index (Phi) is 4.19. The number of anilines is 1. The average molecular weight is 391 g/mol. The highest BCUT2D eigenvalue weighted by atomic mass is 16.3. The maximum atomic E-state index is 13.4. The van der Waals surface area contributed by atoms with E-state index < -0.39 is 17.7 Å². The second-order valence-electron chi connectivity index (χ2n) is 7.64. The van der Waals surface area contributed by atoms with Gasteiger partial charge in [-0.1, -0.05) is 19.3 Å². The quantitative estimate of drug-likeness (QED) is 0.631. The summed E-state index contributed by atoms with van der Waals surface area (Å²) in [4.78, 5) is 42.3. The molecular weight excluding hydrogens is 370 g/mol. The molecule has 1 fully saturated rings. The second kappa shape index (κ2) is 6.88. The highest BCUT2D eigenvalue weighted by molar-refractivity contribution is 6.17. The van der Waals surface area contributed by atoms with E-state index >= 15 is 0 Å². The number of amides is 1. The third kappa shape index (κ3) is 2.83. The van der Waals surface area contributed by atoms with E-state index in [9.17, 15) is 14.7 Å². The fourth-order valence-corrected chi connectivity index (χ4v) is 4.48. The zero-order chi connectivity index (χ0) is 20.0. The molecule has 3 heterocycles. The summed E-state index contributed by atoms with van der Waals surface area (Å²) in [5.74, 6) is -1.38. The lowest BCUT2D eigenvalue weighted by atomic mass is 9.82. The number of benzene rings is 1. The van der Waals surface area contributed by atoms with E-state index in [1.54, 1.807) is 24.7 Å². The number of aromatic amines is 2. The van der Waals surface area contributed by atoms with Gasteiger partial charge >= 0.3 is 0 Å². The van der Waals surface area contributed by atoms with Crippen molar-refractivity contribution in [2.45, 2.75) is 38.1 Å². The first kappa shape index (κ1) is 17.7. The SMILES string of the molecule is O=C(C1=C(O)C(=O)N(c2ccc3[nH]cnc3c2)C1c1c[nH]cn1)C1CCCCC1. The average Bonchev–Trinajstić information content (AvgIpc) is 3.48. The van der Waals surface area contributed by atoms with Crippen LogP contribution in [0.2, 0.25) is 0 Å². The summed E-state index contributed by atoms with van der Waals surface area (Å²) in [6.45, 7) is 0. The van der Waals surface area contributed by atoms with E-state index in [1.165, 1.54) is 11.2 Å². The number of rotatable bonds is 4. The third-order valence-electron chi connectivity index (χ3n) is 5.93. The minimum absolute atomic E-state index is 0.146. The third-order valence-corrected chi connectivity index (χ3v) is 5.93. The molecule has 2 aromatic heterocycles. The normalized spacial score (nSPS) is 20.8. The largest absolute Gasteiger partial charge is 0.503 e. The van der Waals surface area contributed by atoms with Gasteiger partial charge in [0.2, 0.25) is 0 Å². The molecule has 5 rings (SSSR count). The van der Waals surface area contributed by atoms with Gasteiger partial charge in [-0.15, -0.1) is 0 Å². The number of imidazole rings is 2. The highest BCUT2D eigenvalue weighted by Gasteiger charge is 2.46. The molecule has 148 valence electrons. The van der Waals surface area contributed by atoms with E-state index in [-0.39, 0.29) is 17.3 Å². The molecule has 0 saturated heterocycles. The number of hydrogen-bond acceptors (Lipinski definition) is 5. The first-order valence-corrected chi connectivity index (χ1v) is 9.88. The second-order valence-corrected chi connectivity index (χ2v) is 7.64. The first-order chi connectivity index (χ1) is 14.1. The molecule has 1 aliphatic carbocycles.